The summed E-state index contributed by atoms with van der Waals surface area (Å²) in [5.74, 6) is -0.379. The monoisotopic (exact) mass is 507 g/mol. The fourth-order valence-corrected chi connectivity index (χ4v) is 7.99. The highest BCUT2D eigenvalue weighted by atomic mass is 32.3. The predicted molar refractivity (Wildman–Crippen MR) is 142 cm³/mol. The van der Waals surface area contributed by atoms with Crippen molar-refractivity contribution in [3.05, 3.63) is 87.9 Å². The second-order valence-electron chi connectivity index (χ2n) is 10.1. The molecular formula is C29H29F2N2O2S+. The second kappa shape index (κ2) is 8.44. The van der Waals surface area contributed by atoms with E-state index in [0.29, 0.717) is 31.7 Å². The molecule has 0 bridgehead atoms. The number of ether oxygens (including phenoxy) is 1. The van der Waals surface area contributed by atoms with Crippen LogP contribution in [0.3, 0.4) is 0 Å². The molecule has 1 aliphatic carbocycles. The molecule has 3 aliphatic heterocycles. The Bertz CT molecular complexity index is 1410. The maximum absolute atomic E-state index is 13.6. The summed E-state index contributed by atoms with van der Waals surface area (Å²) in [6, 6.07) is 13.9. The molecule has 0 atom stereocenters. The molecule has 4 nitrogen and oxygen atoms in total. The van der Waals surface area contributed by atoms with Crippen molar-refractivity contribution >= 4 is 33.0 Å². The number of rotatable bonds is 3. The summed E-state index contributed by atoms with van der Waals surface area (Å²) in [6.45, 7) is 1.65. The first-order chi connectivity index (χ1) is 17.3. The molecule has 0 N–H and O–H groups in total. The van der Waals surface area contributed by atoms with Crippen molar-refractivity contribution in [1.29, 1.82) is 0 Å². The van der Waals surface area contributed by atoms with Crippen LogP contribution in [-0.2, 0) is 4.74 Å². The summed E-state index contributed by atoms with van der Waals surface area (Å²) >= 11 is 0. The summed E-state index contributed by atoms with van der Waals surface area (Å²) < 4.78 is 34.5. The van der Waals surface area contributed by atoms with Crippen molar-refractivity contribution < 1.29 is 22.9 Å². The minimum atomic E-state index is -1.47. The molecule has 0 amide bonds. The van der Waals surface area contributed by atoms with Crippen LogP contribution in [0.2, 0.25) is 0 Å². The first-order valence-corrected chi connectivity index (χ1v) is 14.6. The van der Waals surface area contributed by atoms with Gasteiger partial charge >= 0.3 is 5.97 Å². The van der Waals surface area contributed by atoms with Crippen molar-refractivity contribution in [1.82, 2.24) is 0 Å². The Kier molecular flexibility index (Phi) is 5.45. The summed E-state index contributed by atoms with van der Waals surface area (Å²) in [5, 5.41) is 0. The van der Waals surface area contributed by atoms with Crippen LogP contribution in [0.25, 0.3) is 5.57 Å². The Morgan fingerprint density at radius 3 is 2.47 bits per heavy atom. The number of alkyl halides is 2. The maximum Gasteiger partial charge on any atom is 0.338 e. The van der Waals surface area contributed by atoms with Crippen LogP contribution in [0.1, 0.15) is 21.5 Å². The molecule has 0 saturated carbocycles. The number of hydrogen-bond acceptors (Lipinski definition) is 3. The lowest BCUT2D eigenvalue weighted by molar-refractivity contribution is -0.599. The van der Waals surface area contributed by atoms with E-state index in [1.165, 1.54) is 16.9 Å². The highest BCUT2D eigenvalue weighted by Gasteiger charge is 2.39. The molecule has 0 spiro atoms. The molecule has 186 valence electrons. The largest absolute Gasteiger partial charge is 0.465 e. The number of hydrogen-bond donors (Lipinski definition) is 0. The lowest BCUT2D eigenvalue weighted by atomic mass is 9.87. The van der Waals surface area contributed by atoms with Gasteiger partial charge < -0.3 is 9.64 Å². The third kappa shape index (κ3) is 3.55. The molecule has 7 heteroatoms. The second-order valence-corrected chi connectivity index (χ2v) is 13.6. The van der Waals surface area contributed by atoms with E-state index in [1.54, 1.807) is 6.07 Å². The van der Waals surface area contributed by atoms with Gasteiger partial charge in [0.25, 0.3) is 0 Å². The van der Waals surface area contributed by atoms with E-state index in [1.807, 2.05) is 18.2 Å². The minimum absolute atomic E-state index is 0.379. The summed E-state index contributed by atoms with van der Waals surface area (Å²) in [4.78, 5) is 17.2. The van der Waals surface area contributed by atoms with E-state index in [-0.39, 0.29) is 5.97 Å². The average Bonchev–Trinajstić information content (AvgIpc) is 2.85. The first kappa shape index (κ1) is 23.2. The normalized spacial score (nSPS) is 23.3. The van der Waals surface area contributed by atoms with Crippen LogP contribution >= 0.6 is 10.0 Å². The lowest BCUT2D eigenvalue weighted by Gasteiger charge is -2.44. The van der Waals surface area contributed by atoms with Crippen LogP contribution in [0.5, 0.6) is 0 Å². The van der Waals surface area contributed by atoms with Crippen molar-refractivity contribution in [2.45, 2.75) is 17.2 Å². The molecule has 3 heterocycles. The number of halogens is 2. The van der Waals surface area contributed by atoms with Crippen molar-refractivity contribution in [2.75, 3.05) is 50.7 Å². The molecule has 2 aromatic rings. The van der Waals surface area contributed by atoms with Gasteiger partial charge in [0, 0.05) is 27.6 Å². The summed E-state index contributed by atoms with van der Waals surface area (Å²) in [7, 11) is -0.0685. The van der Waals surface area contributed by atoms with Crippen molar-refractivity contribution in [3.8, 4) is 0 Å². The molecule has 0 aromatic heterocycles. The third-order valence-corrected chi connectivity index (χ3v) is 10.4. The molecule has 4 aliphatic rings. The quantitative estimate of drug-likeness (QED) is 0.427. The topological polar surface area (TPSA) is 32.6 Å². The van der Waals surface area contributed by atoms with Crippen LogP contribution in [0.4, 0.5) is 14.5 Å². The number of carbonyl (C=O) groups is 1. The number of benzene rings is 2. The standard InChI is InChI=1S/C29H29F2N2O2S/c1-35-29(34)23-7-5-4-6-22(23)28-24-10-8-20(32-14-18(30)15-32)12-26(24)36(2,3)27-13-21(9-11-25(27)28)33-16-19(31)17-33/h4-13,18-19H,14-17H2,1-3H3/q+1. The van der Waals surface area contributed by atoms with E-state index in [0.717, 1.165) is 33.7 Å². The van der Waals surface area contributed by atoms with Gasteiger partial charge in [-0.15, -0.1) is 0 Å². The van der Waals surface area contributed by atoms with Gasteiger partial charge in [0.1, 0.15) is 6.17 Å². The Hall–Kier alpha value is -3.19. The van der Waals surface area contributed by atoms with Gasteiger partial charge in [-0.3, -0.25) is 0 Å². The van der Waals surface area contributed by atoms with Gasteiger partial charge in [-0.2, -0.15) is 10.0 Å². The zero-order chi connectivity index (χ0) is 25.2. The van der Waals surface area contributed by atoms with Gasteiger partial charge in [0.15, 0.2) is 13.1 Å². The lowest BCUT2D eigenvalue weighted by Crippen LogP contribution is -2.48. The fraction of sp³-hybridized carbons (Fsp3) is 0.310. The fourth-order valence-electron chi connectivity index (χ4n) is 5.49. The zero-order valence-corrected chi connectivity index (χ0v) is 21.4. The number of fused-ring (bicyclic) bond motifs is 2. The highest BCUT2D eigenvalue weighted by Crippen LogP contribution is 2.66. The molecule has 2 aromatic carbocycles. The van der Waals surface area contributed by atoms with Crippen LogP contribution < -0.4 is 4.90 Å². The number of methoxy groups -OCH3 is 1. The van der Waals surface area contributed by atoms with E-state index < -0.39 is 22.4 Å². The van der Waals surface area contributed by atoms with Crippen LogP contribution in [0, 0.1) is 0 Å². The zero-order valence-electron chi connectivity index (χ0n) is 20.6. The van der Waals surface area contributed by atoms with Crippen molar-refractivity contribution in [3.63, 3.8) is 0 Å². The Labute approximate surface area is 211 Å². The molecule has 6 rings (SSSR count). The first-order valence-electron chi connectivity index (χ1n) is 12.1. The van der Waals surface area contributed by atoms with Crippen LogP contribution in [0.15, 0.2) is 76.1 Å². The summed E-state index contributed by atoms with van der Waals surface area (Å²) in [5.41, 5.74) is 6.53. The Morgan fingerprint density at radius 1 is 1.03 bits per heavy atom. The predicted octanol–water partition coefficient (Wildman–Crippen LogP) is 5.13. The number of nitrogens with zero attached hydrogens (tertiary/aromatic N) is 2. The van der Waals surface area contributed by atoms with Crippen LogP contribution in [-0.4, -0.2) is 74.4 Å². The molecule has 0 unspecified atom stereocenters. The van der Waals surface area contributed by atoms with E-state index in [9.17, 15) is 13.6 Å². The Balaban J connectivity index is 1.60. The molecule has 36 heavy (non-hydrogen) atoms. The molecular weight excluding hydrogens is 478 g/mol. The average molecular weight is 508 g/mol. The smallest absolute Gasteiger partial charge is 0.338 e. The van der Waals surface area contributed by atoms with Gasteiger partial charge in [-0.25, -0.2) is 18.2 Å². The third-order valence-electron chi connectivity index (χ3n) is 7.57. The molecule has 2 saturated heterocycles. The maximum atomic E-state index is 13.6. The molecule has 0 radical (unpaired) electrons. The minimum Gasteiger partial charge on any atom is -0.465 e. The SMILES string of the molecule is COC(=O)c1ccccc1C1=C2C=CC(=[N+]3CC(F)C3)C=C2S(C)(C)c2cc(N3CC(F)C3)ccc21. The van der Waals surface area contributed by atoms with E-state index in [4.69, 9.17) is 4.74 Å². The highest BCUT2D eigenvalue weighted by molar-refractivity contribution is 8.36. The van der Waals surface area contributed by atoms with Gasteiger partial charge in [0.2, 0.25) is 11.9 Å². The summed E-state index contributed by atoms with van der Waals surface area (Å²) in [6.07, 6.45) is 9.38. The Morgan fingerprint density at radius 2 is 1.78 bits per heavy atom. The van der Waals surface area contributed by atoms with Gasteiger partial charge in [0.05, 0.1) is 25.8 Å². The van der Waals surface area contributed by atoms with Gasteiger partial charge in [-0.1, -0.05) is 24.3 Å². The number of carbonyl (C=O) groups excluding carboxylic acids is 1. The van der Waals surface area contributed by atoms with E-state index in [2.05, 4.69) is 58.4 Å². The number of anilines is 1. The number of esters is 1. The molecule has 2 fully saturated rings. The van der Waals surface area contributed by atoms with Gasteiger partial charge in [-0.05, 0) is 59.1 Å². The number of allylic oxidation sites excluding steroid dienone is 4. The van der Waals surface area contributed by atoms with Crippen molar-refractivity contribution in [2.24, 2.45) is 0 Å². The van der Waals surface area contributed by atoms with E-state index >= 15 is 0 Å².